The van der Waals surface area contributed by atoms with Gasteiger partial charge in [-0.25, -0.2) is 0 Å². The van der Waals surface area contributed by atoms with Gasteiger partial charge in [0.1, 0.15) is 18.1 Å². The van der Waals surface area contributed by atoms with Crippen molar-refractivity contribution in [2.75, 3.05) is 13.7 Å². The molecule has 0 aliphatic carbocycles. The summed E-state index contributed by atoms with van der Waals surface area (Å²) in [5.74, 6) is 2.75. The zero-order valence-electron chi connectivity index (χ0n) is 19.9. The highest BCUT2D eigenvalue weighted by Gasteiger charge is 2.19. The lowest BCUT2D eigenvalue weighted by molar-refractivity contribution is 0.0935. The van der Waals surface area contributed by atoms with Crippen molar-refractivity contribution in [3.8, 4) is 17.2 Å². The Balaban J connectivity index is 1.47. The predicted molar refractivity (Wildman–Crippen MR) is 127 cm³/mol. The number of hydrogen-bond donors (Lipinski definition) is 1. The molecule has 0 radical (unpaired) electrons. The molecule has 4 aromatic rings. The minimum Gasteiger partial charge on any atom is -0.493 e. The molecule has 178 valence electrons. The Morgan fingerprint density at radius 2 is 1.91 bits per heavy atom. The topological polar surface area (TPSA) is 96.0 Å². The fourth-order valence-electron chi connectivity index (χ4n) is 3.68. The number of benzene rings is 2. The number of nitrogens with zero attached hydrogens (tertiary/aromatic N) is 1. The molecule has 8 nitrogen and oxygen atoms in total. The highest BCUT2D eigenvalue weighted by molar-refractivity contribution is 5.95. The number of aryl methyl sites for hydroxylation is 2. The van der Waals surface area contributed by atoms with Gasteiger partial charge in [0.2, 0.25) is 0 Å². The molecule has 1 amide bonds. The summed E-state index contributed by atoms with van der Waals surface area (Å²) in [6, 6.07) is 12.3. The van der Waals surface area contributed by atoms with E-state index in [1.54, 1.807) is 18.2 Å². The first-order chi connectivity index (χ1) is 16.4. The van der Waals surface area contributed by atoms with Crippen LogP contribution in [0.3, 0.4) is 0 Å². The molecular weight excluding hydrogens is 436 g/mol. The molecule has 0 saturated heterocycles. The van der Waals surface area contributed by atoms with Crippen molar-refractivity contribution < 1.29 is 27.9 Å². The average molecular weight is 465 g/mol. The number of hydrogen-bond acceptors (Lipinski definition) is 7. The van der Waals surface area contributed by atoms with Crippen molar-refractivity contribution >= 4 is 16.9 Å². The van der Waals surface area contributed by atoms with E-state index in [4.69, 9.17) is 23.2 Å². The average Bonchev–Trinajstić information content (AvgIpc) is 3.41. The molecule has 0 bridgehead atoms. The van der Waals surface area contributed by atoms with Gasteiger partial charge in [-0.3, -0.25) is 4.79 Å². The fourth-order valence-corrected chi connectivity index (χ4v) is 3.68. The number of amides is 1. The highest BCUT2D eigenvalue weighted by Crippen LogP contribution is 2.32. The SMILES string of the molecule is CCOc1cccc2cc(C(C)NC(=O)c3ccc(OCc4c(C)noc4C)c(OC)c3)oc12. The van der Waals surface area contributed by atoms with Gasteiger partial charge in [-0.2, -0.15) is 0 Å². The van der Waals surface area contributed by atoms with Crippen molar-refractivity contribution in [1.82, 2.24) is 10.5 Å². The van der Waals surface area contributed by atoms with Crippen LogP contribution in [0.25, 0.3) is 11.0 Å². The molecule has 2 heterocycles. The van der Waals surface area contributed by atoms with E-state index in [9.17, 15) is 4.79 Å². The summed E-state index contributed by atoms with van der Waals surface area (Å²) in [5, 5.41) is 7.83. The number of furan rings is 1. The summed E-state index contributed by atoms with van der Waals surface area (Å²) in [6.45, 7) is 8.32. The number of methoxy groups -OCH3 is 1. The second kappa shape index (κ2) is 9.91. The summed E-state index contributed by atoms with van der Waals surface area (Å²) in [6.07, 6.45) is 0. The van der Waals surface area contributed by atoms with Crippen molar-refractivity contribution in [2.24, 2.45) is 0 Å². The van der Waals surface area contributed by atoms with Gasteiger partial charge in [-0.05, 0) is 58.0 Å². The third-order valence-electron chi connectivity index (χ3n) is 5.58. The third kappa shape index (κ3) is 4.71. The van der Waals surface area contributed by atoms with E-state index in [1.165, 1.54) is 7.11 Å². The van der Waals surface area contributed by atoms with Crippen LogP contribution in [-0.2, 0) is 6.61 Å². The van der Waals surface area contributed by atoms with Crippen LogP contribution in [0.4, 0.5) is 0 Å². The lowest BCUT2D eigenvalue weighted by atomic mass is 10.1. The van der Waals surface area contributed by atoms with Gasteiger partial charge in [-0.15, -0.1) is 0 Å². The summed E-state index contributed by atoms with van der Waals surface area (Å²) < 4.78 is 28.2. The molecule has 0 spiro atoms. The van der Waals surface area contributed by atoms with Crippen LogP contribution in [0, 0.1) is 13.8 Å². The van der Waals surface area contributed by atoms with Crippen LogP contribution in [0.2, 0.25) is 0 Å². The molecule has 0 saturated carbocycles. The number of aromatic nitrogens is 1. The Bertz CT molecular complexity index is 1290. The molecule has 8 heteroatoms. The van der Waals surface area contributed by atoms with E-state index in [-0.39, 0.29) is 18.6 Å². The van der Waals surface area contributed by atoms with E-state index < -0.39 is 0 Å². The quantitative estimate of drug-likeness (QED) is 0.349. The van der Waals surface area contributed by atoms with Crippen LogP contribution in [-0.4, -0.2) is 24.8 Å². The second-order valence-corrected chi connectivity index (χ2v) is 7.91. The normalized spacial score (nSPS) is 11.9. The molecule has 1 N–H and O–H groups in total. The minimum atomic E-state index is -0.351. The lowest BCUT2D eigenvalue weighted by Crippen LogP contribution is -2.26. The van der Waals surface area contributed by atoms with E-state index >= 15 is 0 Å². The number of carbonyl (C=O) groups excluding carboxylic acids is 1. The van der Waals surface area contributed by atoms with Gasteiger partial charge in [0, 0.05) is 10.9 Å². The molecule has 0 aliphatic heterocycles. The zero-order chi connectivity index (χ0) is 24.2. The first kappa shape index (κ1) is 23.2. The zero-order valence-corrected chi connectivity index (χ0v) is 19.9. The van der Waals surface area contributed by atoms with Crippen LogP contribution >= 0.6 is 0 Å². The maximum atomic E-state index is 12.9. The predicted octanol–water partition coefficient (Wildman–Crippen LogP) is 5.51. The Hall–Kier alpha value is -3.94. The largest absolute Gasteiger partial charge is 0.493 e. The maximum Gasteiger partial charge on any atom is 0.252 e. The van der Waals surface area contributed by atoms with E-state index in [2.05, 4.69) is 10.5 Å². The number of para-hydroxylation sites is 1. The lowest BCUT2D eigenvalue weighted by Gasteiger charge is -2.14. The molecule has 34 heavy (non-hydrogen) atoms. The third-order valence-corrected chi connectivity index (χ3v) is 5.58. The molecule has 0 fully saturated rings. The monoisotopic (exact) mass is 464 g/mol. The molecule has 0 aliphatic rings. The summed E-state index contributed by atoms with van der Waals surface area (Å²) in [7, 11) is 1.53. The maximum absolute atomic E-state index is 12.9. The molecule has 2 aromatic heterocycles. The Morgan fingerprint density at radius 3 is 2.62 bits per heavy atom. The summed E-state index contributed by atoms with van der Waals surface area (Å²) in [5.41, 5.74) is 2.78. The van der Waals surface area contributed by atoms with Crippen molar-refractivity contribution in [3.05, 3.63) is 70.8 Å². The molecule has 4 rings (SSSR count). The van der Waals surface area contributed by atoms with E-state index in [0.717, 1.165) is 16.6 Å². The number of nitrogens with one attached hydrogen (secondary N) is 1. The molecular formula is C26H28N2O6. The van der Waals surface area contributed by atoms with Crippen molar-refractivity contribution in [2.45, 2.75) is 40.3 Å². The van der Waals surface area contributed by atoms with Crippen LogP contribution in [0.1, 0.15) is 53.0 Å². The van der Waals surface area contributed by atoms with Gasteiger partial charge in [0.15, 0.2) is 22.8 Å². The molecule has 2 aromatic carbocycles. The summed E-state index contributed by atoms with van der Waals surface area (Å²) >= 11 is 0. The Labute approximate surface area is 197 Å². The van der Waals surface area contributed by atoms with Gasteiger partial charge in [0.25, 0.3) is 5.91 Å². The van der Waals surface area contributed by atoms with Gasteiger partial charge in [0.05, 0.1) is 31.0 Å². The van der Waals surface area contributed by atoms with Gasteiger partial charge >= 0.3 is 0 Å². The van der Waals surface area contributed by atoms with Crippen LogP contribution in [0.15, 0.2) is 51.4 Å². The van der Waals surface area contributed by atoms with Crippen molar-refractivity contribution in [1.29, 1.82) is 0 Å². The van der Waals surface area contributed by atoms with Crippen LogP contribution in [0.5, 0.6) is 17.2 Å². The number of carbonyl (C=O) groups is 1. The van der Waals surface area contributed by atoms with Crippen molar-refractivity contribution in [3.63, 3.8) is 0 Å². The second-order valence-electron chi connectivity index (χ2n) is 7.91. The van der Waals surface area contributed by atoms with E-state index in [0.29, 0.717) is 46.5 Å². The smallest absolute Gasteiger partial charge is 0.252 e. The fraction of sp³-hybridized carbons (Fsp3) is 0.308. The number of ether oxygens (including phenoxy) is 3. The first-order valence-corrected chi connectivity index (χ1v) is 11.1. The van der Waals surface area contributed by atoms with Gasteiger partial charge < -0.3 is 28.5 Å². The highest BCUT2D eigenvalue weighted by atomic mass is 16.5. The molecule has 1 unspecified atom stereocenters. The minimum absolute atomic E-state index is 0.256. The molecule has 1 atom stereocenters. The Kier molecular flexibility index (Phi) is 6.77. The van der Waals surface area contributed by atoms with Crippen LogP contribution < -0.4 is 19.5 Å². The number of rotatable bonds is 9. The number of fused-ring (bicyclic) bond motifs is 1. The first-order valence-electron chi connectivity index (χ1n) is 11.1. The standard InChI is InChI=1S/C26H28N2O6/c1-6-31-22-9-7-8-18-12-23(33-25(18)22)16(3)27-26(29)19-10-11-21(24(13-19)30-5)32-14-20-15(2)28-34-17(20)4/h7-13,16H,6,14H2,1-5H3,(H,27,29). The van der Waals surface area contributed by atoms with E-state index in [1.807, 2.05) is 52.0 Å². The van der Waals surface area contributed by atoms with Gasteiger partial charge in [-0.1, -0.05) is 17.3 Å². The summed E-state index contributed by atoms with van der Waals surface area (Å²) in [4.78, 5) is 12.9. The Morgan fingerprint density at radius 1 is 1.09 bits per heavy atom.